The molecule has 1 heterocycles. The van der Waals surface area contributed by atoms with E-state index in [1.54, 1.807) is 16.8 Å². The molecule has 0 aromatic carbocycles. The Balaban J connectivity index is 2.72. The number of aldehydes is 1. The molecule has 1 unspecified atom stereocenters. The summed E-state index contributed by atoms with van der Waals surface area (Å²) in [6.45, 7) is 2.83. The third-order valence-corrected chi connectivity index (χ3v) is 2.61. The van der Waals surface area contributed by atoms with Crippen LogP contribution in [0.2, 0.25) is 0 Å². The molecule has 15 heavy (non-hydrogen) atoms. The maximum absolute atomic E-state index is 11.6. The number of nitrogens with zero attached hydrogens (tertiary/aromatic N) is 2. The molecular weight excluding hydrogens is 196 g/mol. The predicted molar refractivity (Wildman–Crippen MR) is 54.1 cm³/mol. The average molecular weight is 212 g/mol. The number of carbonyl (C=O) groups excluding carboxylic acids is 3. The van der Waals surface area contributed by atoms with Crippen LogP contribution in [0.25, 0.3) is 0 Å². The summed E-state index contributed by atoms with van der Waals surface area (Å²) < 4.78 is 0. The van der Waals surface area contributed by atoms with E-state index in [2.05, 4.69) is 0 Å². The van der Waals surface area contributed by atoms with Crippen molar-refractivity contribution in [2.75, 3.05) is 20.1 Å². The van der Waals surface area contributed by atoms with Gasteiger partial charge in [-0.3, -0.25) is 9.59 Å². The zero-order valence-electron chi connectivity index (χ0n) is 9.10. The Morgan fingerprint density at radius 2 is 2.07 bits per heavy atom. The molecule has 0 aliphatic carbocycles. The Hall–Kier alpha value is -1.39. The molecule has 0 aromatic heterocycles. The van der Waals surface area contributed by atoms with E-state index >= 15 is 0 Å². The molecule has 1 aliphatic rings. The maximum Gasteiger partial charge on any atom is 0.232 e. The summed E-state index contributed by atoms with van der Waals surface area (Å²) in [5, 5.41) is 0. The van der Waals surface area contributed by atoms with Crippen molar-refractivity contribution in [3.05, 3.63) is 0 Å². The van der Waals surface area contributed by atoms with E-state index < -0.39 is 0 Å². The number of amides is 2. The summed E-state index contributed by atoms with van der Waals surface area (Å²) in [6, 6.07) is -0.0195. The lowest BCUT2D eigenvalue weighted by atomic mass is 10.2. The fraction of sp³-hybridized carbons (Fsp3) is 0.700. The minimum Gasteiger partial charge on any atom is -0.343 e. The van der Waals surface area contributed by atoms with E-state index in [0.717, 1.165) is 6.29 Å². The normalized spacial score (nSPS) is 22.9. The monoisotopic (exact) mass is 212 g/mol. The summed E-state index contributed by atoms with van der Waals surface area (Å²) in [5.74, 6) is -0.334. The Morgan fingerprint density at radius 3 is 2.67 bits per heavy atom. The summed E-state index contributed by atoms with van der Waals surface area (Å²) in [6.07, 6.45) is 1.03. The van der Waals surface area contributed by atoms with Crippen LogP contribution in [0.1, 0.15) is 19.8 Å². The molecule has 0 N–H and O–H groups in total. The number of hydrogen-bond donors (Lipinski definition) is 0. The van der Waals surface area contributed by atoms with Gasteiger partial charge in [-0.2, -0.15) is 0 Å². The molecule has 5 heteroatoms. The SMILES string of the molecule is CC1CN(C)C(=O)CC(=O)N1CCC=O. The molecule has 1 rings (SSSR count). The van der Waals surface area contributed by atoms with Crippen molar-refractivity contribution in [3.8, 4) is 0 Å². The summed E-state index contributed by atoms with van der Waals surface area (Å²) >= 11 is 0. The molecule has 2 amide bonds. The van der Waals surface area contributed by atoms with Gasteiger partial charge < -0.3 is 14.6 Å². The number of rotatable bonds is 3. The first-order valence-corrected chi connectivity index (χ1v) is 5.03. The zero-order chi connectivity index (χ0) is 11.4. The lowest BCUT2D eigenvalue weighted by Crippen LogP contribution is -2.41. The molecule has 0 saturated carbocycles. The molecule has 0 aromatic rings. The third-order valence-electron chi connectivity index (χ3n) is 2.61. The Labute approximate surface area is 89.0 Å². The highest BCUT2D eigenvalue weighted by Gasteiger charge is 2.28. The first-order valence-electron chi connectivity index (χ1n) is 5.03. The van der Waals surface area contributed by atoms with Gasteiger partial charge in [-0.25, -0.2) is 0 Å². The van der Waals surface area contributed by atoms with Crippen LogP contribution in [0.4, 0.5) is 0 Å². The Bertz CT molecular complexity index is 278. The number of likely N-dealkylation sites (N-methyl/N-ethyl adjacent to an activating group) is 1. The second kappa shape index (κ2) is 4.91. The van der Waals surface area contributed by atoms with Crippen LogP contribution in [0, 0.1) is 0 Å². The maximum atomic E-state index is 11.6. The smallest absolute Gasteiger partial charge is 0.232 e. The first-order chi connectivity index (χ1) is 7.06. The van der Waals surface area contributed by atoms with Gasteiger partial charge in [0.2, 0.25) is 11.8 Å². The minimum absolute atomic E-state index is 0.0195. The first kappa shape index (κ1) is 11.7. The highest BCUT2D eigenvalue weighted by atomic mass is 16.2. The molecular formula is C10H16N2O3. The molecule has 0 spiro atoms. The summed E-state index contributed by atoms with van der Waals surface area (Å²) in [7, 11) is 1.69. The molecule has 5 nitrogen and oxygen atoms in total. The number of carbonyl (C=O) groups is 3. The van der Waals surface area contributed by atoms with Crippen molar-refractivity contribution in [3.63, 3.8) is 0 Å². The van der Waals surface area contributed by atoms with Crippen LogP contribution >= 0.6 is 0 Å². The molecule has 84 valence electrons. The fourth-order valence-corrected chi connectivity index (χ4v) is 1.75. The van der Waals surface area contributed by atoms with Crippen LogP contribution < -0.4 is 0 Å². The van der Waals surface area contributed by atoms with E-state index in [1.165, 1.54) is 0 Å². The number of hydrogen-bond acceptors (Lipinski definition) is 3. The molecule has 0 radical (unpaired) electrons. The van der Waals surface area contributed by atoms with Crippen LogP contribution in [-0.2, 0) is 14.4 Å². The molecule has 1 fully saturated rings. The standard InChI is InChI=1S/C10H16N2O3/c1-8-7-11(2)9(14)6-10(15)12(8)4-3-5-13/h5,8H,3-4,6-7H2,1-2H3. The van der Waals surface area contributed by atoms with Gasteiger partial charge in [0.25, 0.3) is 0 Å². The van der Waals surface area contributed by atoms with Gasteiger partial charge in [-0.15, -0.1) is 0 Å². The van der Waals surface area contributed by atoms with Gasteiger partial charge in [-0.1, -0.05) is 0 Å². The highest BCUT2D eigenvalue weighted by molar-refractivity contribution is 5.97. The highest BCUT2D eigenvalue weighted by Crippen LogP contribution is 2.11. The van der Waals surface area contributed by atoms with Crippen LogP contribution in [0.3, 0.4) is 0 Å². The van der Waals surface area contributed by atoms with Gasteiger partial charge in [-0.05, 0) is 6.92 Å². The van der Waals surface area contributed by atoms with E-state index in [9.17, 15) is 14.4 Å². The van der Waals surface area contributed by atoms with Crippen molar-refractivity contribution < 1.29 is 14.4 Å². The summed E-state index contributed by atoms with van der Waals surface area (Å²) in [4.78, 5) is 36.5. The van der Waals surface area contributed by atoms with Crippen LogP contribution in [0.5, 0.6) is 0 Å². The van der Waals surface area contributed by atoms with Gasteiger partial charge in [0, 0.05) is 32.6 Å². The van der Waals surface area contributed by atoms with Crippen molar-refractivity contribution >= 4 is 18.1 Å². The second-order valence-corrected chi connectivity index (χ2v) is 3.84. The summed E-state index contributed by atoms with van der Waals surface area (Å²) in [5.41, 5.74) is 0. The van der Waals surface area contributed by atoms with Gasteiger partial charge in [0.05, 0.1) is 0 Å². The molecule has 1 saturated heterocycles. The van der Waals surface area contributed by atoms with Crippen molar-refractivity contribution in [1.82, 2.24) is 9.80 Å². The molecule has 1 aliphatic heterocycles. The van der Waals surface area contributed by atoms with Gasteiger partial charge >= 0.3 is 0 Å². The average Bonchev–Trinajstić information content (AvgIpc) is 2.25. The van der Waals surface area contributed by atoms with E-state index in [1.807, 2.05) is 6.92 Å². The van der Waals surface area contributed by atoms with Crippen LogP contribution in [-0.4, -0.2) is 54.1 Å². The zero-order valence-corrected chi connectivity index (χ0v) is 9.10. The quantitative estimate of drug-likeness (QED) is 0.475. The second-order valence-electron chi connectivity index (χ2n) is 3.84. The molecule has 1 atom stereocenters. The largest absolute Gasteiger partial charge is 0.343 e. The van der Waals surface area contributed by atoms with Crippen LogP contribution in [0.15, 0.2) is 0 Å². The van der Waals surface area contributed by atoms with Crippen molar-refractivity contribution in [2.45, 2.75) is 25.8 Å². The fourth-order valence-electron chi connectivity index (χ4n) is 1.75. The van der Waals surface area contributed by atoms with Crippen molar-refractivity contribution in [1.29, 1.82) is 0 Å². The lowest BCUT2D eigenvalue weighted by molar-refractivity contribution is -0.137. The Kier molecular flexibility index (Phi) is 3.82. The predicted octanol–water partition coefficient (Wildman–Crippen LogP) is -0.345. The van der Waals surface area contributed by atoms with E-state index in [4.69, 9.17) is 0 Å². The van der Waals surface area contributed by atoms with Gasteiger partial charge in [0.1, 0.15) is 12.7 Å². The van der Waals surface area contributed by atoms with E-state index in [-0.39, 0.29) is 24.3 Å². The third kappa shape index (κ3) is 2.78. The Morgan fingerprint density at radius 1 is 1.40 bits per heavy atom. The topological polar surface area (TPSA) is 57.7 Å². The lowest BCUT2D eigenvalue weighted by Gasteiger charge is -2.27. The minimum atomic E-state index is -0.182. The van der Waals surface area contributed by atoms with Crippen molar-refractivity contribution in [2.24, 2.45) is 0 Å². The van der Waals surface area contributed by atoms with E-state index in [0.29, 0.717) is 19.5 Å². The molecule has 0 bridgehead atoms. The van der Waals surface area contributed by atoms with Gasteiger partial charge in [0.15, 0.2) is 0 Å².